The lowest BCUT2D eigenvalue weighted by Gasteiger charge is -2.37. The Balaban J connectivity index is 1.42. The molecule has 164 valence electrons. The number of piperazine rings is 1. The fourth-order valence-electron chi connectivity index (χ4n) is 3.97. The normalized spacial score (nSPS) is 17.8. The van der Waals surface area contributed by atoms with E-state index >= 15 is 0 Å². The SMILES string of the molecule is Cc1cnc(NCCCN2CCN(C)[C@@H](C)C2)nc1-c1cc2c(C(=O)O)cccc2s1. The Kier molecular flexibility index (Phi) is 6.50. The number of benzene rings is 1. The number of hydrogen-bond donors (Lipinski definition) is 2. The molecule has 0 spiro atoms. The summed E-state index contributed by atoms with van der Waals surface area (Å²) >= 11 is 1.56. The van der Waals surface area contributed by atoms with Gasteiger partial charge in [0.25, 0.3) is 0 Å². The summed E-state index contributed by atoms with van der Waals surface area (Å²) in [5, 5.41) is 13.6. The molecular weight excluding hydrogens is 410 g/mol. The average Bonchev–Trinajstić information content (AvgIpc) is 3.18. The highest BCUT2D eigenvalue weighted by molar-refractivity contribution is 7.22. The second-order valence-corrected chi connectivity index (χ2v) is 9.35. The van der Waals surface area contributed by atoms with Crippen molar-refractivity contribution in [2.45, 2.75) is 26.3 Å². The van der Waals surface area contributed by atoms with E-state index in [-0.39, 0.29) is 0 Å². The number of fused-ring (bicyclic) bond motifs is 1. The summed E-state index contributed by atoms with van der Waals surface area (Å²) in [5.41, 5.74) is 2.15. The van der Waals surface area contributed by atoms with E-state index in [1.165, 1.54) is 0 Å². The van der Waals surface area contributed by atoms with E-state index in [0.717, 1.165) is 65.4 Å². The number of carbonyl (C=O) groups is 1. The number of rotatable bonds is 7. The van der Waals surface area contributed by atoms with Crippen LogP contribution in [0.4, 0.5) is 5.95 Å². The van der Waals surface area contributed by atoms with E-state index in [1.54, 1.807) is 23.5 Å². The molecule has 1 aliphatic rings. The number of aryl methyl sites for hydroxylation is 1. The van der Waals surface area contributed by atoms with Crippen LogP contribution in [0.1, 0.15) is 29.3 Å². The Morgan fingerprint density at radius 3 is 2.97 bits per heavy atom. The molecule has 0 amide bonds. The molecule has 3 aromatic rings. The highest BCUT2D eigenvalue weighted by Crippen LogP contribution is 2.35. The first-order chi connectivity index (χ1) is 14.9. The van der Waals surface area contributed by atoms with Crippen LogP contribution in [0.25, 0.3) is 20.7 Å². The fraction of sp³-hybridized carbons (Fsp3) is 0.435. The third-order valence-electron chi connectivity index (χ3n) is 5.98. The number of nitrogens with one attached hydrogen (secondary N) is 1. The molecule has 1 fully saturated rings. The van der Waals surface area contributed by atoms with Crippen molar-refractivity contribution in [1.82, 2.24) is 19.8 Å². The van der Waals surface area contributed by atoms with Crippen LogP contribution in [-0.2, 0) is 0 Å². The number of nitrogens with zero attached hydrogens (tertiary/aromatic N) is 4. The zero-order valence-corrected chi connectivity index (χ0v) is 19.1. The summed E-state index contributed by atoms with van der Waals surface area (Å²) in [4.78, 5) is 26.6. The van der Waals surface area contributed by atoms with Gasteiger partial charge in [-0.2, -0.15) is 0 Å². The summed E-state index contributed by atoms with van der Waals surface area (Å²) in [7, 11) is 2.19. The van der Waals surface area contributed by atoms with Crippen molar-refractivity contribution < 1.29 is 9.90 Å². The Hall–Kier alpha value is -2.55. The van der Waals surface area contributed by atoms with Gasteiger partial charge in [0.05, 0.1) is 16.1 Å². The number of anilines is 1. The molecule has 0 saturated carbocycles. The molecule has 1 saturated heterocycles. The summed E-state index contributed by atoms with van der Waals surface area (Å²) in [6, 6.07) is 7.91. The standard InChI is InChI=1S/C23H29N5O2S/c1-15-13-25-23(24-8-5-9-28-11-10-27(3)16(2)14-28)26-21(15)20-12-18-17(22(29)30)6-4-7-19(18)31-20/h4,6-7,12-13,16H,5,8-11,14H2,1-3H3,(H,29,30)(H,24,25,26)/t16-/m0/s1. The molecule has 0 unspecified atom stereocenters. The van der Waals surface area contributed by atoms with E-state index in [0.29, 0.717) is 17.6 Å². The molecule has 3 heterocycles. The number of thiophene rings is 1. The minimum absolute atomic E-state index is 0.322. The molecule has 31 heavy (non-hydrogen) atoms. The highest BCUT2D eigenvalue weighted by Gasteiger charge is 2.20. The van der Waals surface area contributed by atoms with Gasteiger partial charge < -0.3 is 20.2 Å². The predicted molar refractivity (Wildman–Crippen MR) is 126 cm³/mol. The molecule has 1 atom stereocenters. The largest absolute Gasteiger partial charge is 0.478 e. The molecule has 1 aromatic carbocycles. The van der Waals surface area contributed by atoms with Crippen molar-refractivity contribution >= 4 is 33.3 Å². The van der Waals surface area contributed by atoms with Gasteiger partial charge in [0.15, 0.2) is 0 Å². The lowest BCUT2D eigenvalue weighted by atomic mass is 10.1. The zero-order valence-electron chi connectivity index (χ0n) is 18.3. The molecule has 8 heteroatoms. The Morgan fingerprint density at radius 1 is 1.35 bits per heavy atom. The monoisotopic (exact) mass is 439 g/mol. The zero-order chi connectivity index (χ0) is 22.0. The minimum atomic E-state index is -0.911. The van der Waals surface area contributed by atoms with Crippen molar-refractivity contribution in [3.05, 3.63) is 41.6 Å². The number of carboxylic acid groups (broad SMARTS) is 1. The number of carboxylic acids is 1. The maximum absolute atomic E-state index is 11.5. The molecular formula is C23H29N5O2S. The lowest BCUT2D eigenvalue weighted by molar-refractivity contribution is 0.0699. The van der Waals surface area contributed by atoms with E-state index < -0.39 is 5.97 Å². The van der Waals surface area contributed by atoms with E-state index in [9.17, 15) is 9.90 Å². The molecule has 0 radical (unpaired) electrons. The van der Waals surface area contributed by atoms with Crippen LogP contribution in [0.5, 0.6) is 0 Å². The Bertz CT molecular complexity index is 1080. The third kappa shape index (κ3) is 4.87. The van der Waals surface area contributed by atoms with Crippen molar-refractivity contribution in [3.8, 4) is 10.6 Å². The van der Waals surface area contributed by atoms with Gasteiger partial charge in [-0.25, -0.2) is 14.8 Å². The first-order valence-electron chi connectivity index (χ1n) is 10.7. The molecule has 0 aliphatic carbocycles. The number of aromatic nitrogens is 2. The van der Waals surface area contributed by atoms with E-state index in [2.05, 4.69) is 34.1 Å². The molecule has 2 aromatic heterocycles. The fourth-order valence-corrected chi connectivity index (χ4v) is 5.11. The Labute approximate surface area is 186 Å². The first-order valence-corrected chi connectivity index (χ1v) is 11.5. The van der Waals surface area contributed by atoms with Gasteiger partial charge in [0.2, 0.25) is 5.95 Å². The van der Waals surface area contributed by atoms with Crippen molar-refractivity contribution in [3.63, 3.8) is 0 Å². The third-order valence-corrected chi connectivity index (χ3v) is 7.08. The summed E-state index contributed by atoms with van der Waals surface area (Å²) in [6.45, 7) is 9.51. The summed E-state index contributed by atoms with van der Waals surface area (Å²) in [6.07, 6.45) is 2.86. The Morgan fingerprint density at radius 2 is 2.19 bits per heavy atom. The van der Waals surface area contributed by atoms with Crippen LogP contribution in [0, 0.1) is 6.92 Å². The second-order valence-electron chi connectivity index (χ2n) is 8.27. The van der Waals surface area contributed by atoms with Gasteiger partial charge in [-0.05, 0) is 57.6 Å². The molecule has 7 nitrogen and oxygen atoms in total. The minimum Gasteiger partial charge on any atom is -0.478 e. The topological polar surface area (TPSA) is 81.6 Å². The van der Waals surface area contributed by atoms with Crippen molar-refractivity contribution in [2.75, 3.05) is 45.1 Å². The van der Waals surface area contributed by atoms with Crippen LogP contribution in [0.15, 0.2) is 30.5 Å². The van der Waals surface area contributed by atoms with Gasteiger partial charge in [0, 0.05) is 48.5 Å². The van der Waals surface area contributed by atoms with Crippen LogP contribution in [-0.4, -0.2) is 76.7 Å². The van der Waals surface area contributed by atoms with Crippen molar-refractivity contribution in [2.24, 2.45) is 0 Å². The van der Waals surface area contributed by atoms with E-state index in [4.69, 9.17) is 4.98 Å². The molecule has 2 N–H and O–H groups in total. The van der Waals surface area contributed by atoms with Gasteiger partial charge in [-0.1, -0.05) is 6.07 Å². The number of hydrogen-bond acceptors (Lipinski definition) is 7. The van der Waals surface area contributed by atoms with Crippen molar-refractivity contribution in [1.29, 1.82) is 0 Å². The van der Waals surface area contributed by atoms with Crippen LogP contribution in [0.3, 0.4) is 0 Å². The smallest absolute Gasteiger partial charge is 0.336 e. The molecule has 0 bridgehead atoms. The number of likely N-dealkylation sites (N-methyl/N-ethyl adjacent to an activating group) is 1. The first kappa shape index (κ1) is 21.7. The highest BCUT2D eigenvalue weighted by atomic mass is 32.1. The quantitative estimate of drug-likeness (QED) is 0.542. The lowest BCUT2D eigenvalue weighted by Crippen LogP contribution is -2.50. The predicted octanol–water partition coefficient (Wildman–Crippen LogP) is 3.80. The second kappa shape index (κ2) is 9.30. The van der Waals surface area contributed by atoms with Gasteiger partial charge in [0.1, 0.15) is 0 Å². The van der Waals surface area contributed by atoms with Gasteiger partial charge >= 0.3 is 5.97 Å². The number of aromatic carboxylic acids is 1. The van der Waals surface area contributed by atoms with Crippen LogP contribution < -0.4 is 5.32 Å². The molecule has 1 aliphatic heterocycles. The maximum atomic E-state index is 11.5. The van der Waals surface area contributed by atoms with E-state index in [1.807, 2.05) is 25.3 Å². The summed E-state index contributed by atoms with van der Waals surface area (Å²) in [5.74, 6) is -0.297. The van der Waals surface area contributed by atoms with Gasteiger partial charge in [-0.3, -0.25) is 0 Å². The maximum Gasteiger partial charge on any atom is 0.336 e. The average molecular weight is 440 g/mol. The van der Waals surface area contributed by atoms with Crippen LogP contribution >= 0.6 is 11.3 Å². The van der Waals surface area contributed by atoms with Crippen LogP contribution in [0.2, 0.25) is 0 Å². The summed E-state index contributed by atoms with van der Waals surface area (Å²) < 4.78 is 0.948. The van der Waals surface area contributed by atoms with Gasteiger partial charge in [-0.15, -0.1) is 11.3 Å². The molecule has 4 rings (SSSR count).